The molecule has 2 aliphatic heterocycles. The average Bonchev–Trinajstić information content (AvgIpc) is 2.60. The third-order valence-electron chi connectivity index (χ3n) is 4.85. The molecule has 130 valence electrons. The van der Waals surface area contributed by atoms with Gasteiger partial charge in [0, 0.05) is 17.5 Å². The number of benzene rings is 2. The SMILES string of the molecule is CC1(C)CC(NC(=O)c2ccc3c(c2)CCCO3)c2ccccc2O1. The van der Waals surface area contributed by atoms with Crippen molar-refractivity contribution in [2.45, 2.75) is 44.8 Å². The zero-order valence-corrected chi connectivity index (χ0v) is 14.7. The van der Waals surface area contributed by atoms with E-state index in [1.165, 1.54) is 0 Å². The van der Waals surface area contributed by atoms with Crippen molar-refractivity contribution in [1.29, 1.82) is 0 Å². The van der Waals surface area contributed by atoms with E-state index in [9.17, 15) is 4.79 Å². The van der Waals surface area contributed by atoms with Crippen molar-refractivity contribution in [1.82, 2.24) is 5.32 Å². The van der Waals surface area contributed by atoms with Crippen LogP contribution in [0.2, 0.25) is 0 Å². The number of fused-ring (bicyclic) bond motifs is 2. The fraction of sp³-hybridized carbons (Fsp3) is 0.381. The van der Waals surface area contributed by atoms with Crippen molar-refractivity contribution in [3.8, 4) is 11.5 Å². The van der Waals surface area contributed by atoms with Crippen LogP contribution in [0, 0.1) is 0 Å². The molecular formula is C21H23NO3. The van der Waals surface area contributed by atoms with Gasteiger partial charge >= 0.3 is 0 Å². The van der Waals surface area contributed by atoms with Crippen LogP contribution in [0.4, 0.5) is 0 Å². The number of para-hydroxylation sites is 1. The van der Waals surface area contributed by atoms with Gasteiger partial charge in [0.1, 0.15) is 17.1 Å². The summed E-state index contributed by atoms with van der Waals surface area (Å²) in [7, 11) is 0. The van der Waals surface area contributed by atoms with Crippen LogP contribution >= 0.6 is 0 Å². The molecule has 4 rings (SSSR count). The molecule has 0 aromatic heterocycles. The van der Waals surface area contributed by atoms with Gasteiger partial charge in [0.2, 0.25) is 0 Å². The van der Waals surface area contributed by atoms with E-state index in [2.05, 4.69) is 19.2 Å². The first kappa shape index (κ1) is 16.0. The summed E-state index contributed by atoms with van der Waals surface area (Å²) in [6, 6.07) is 13.6. The second kappa shape index (κ2) is 6.10. The smallest absolute Gasteiger partial charge is 0.251 e. The summed E-state index contributed by atoms with van der Waals surface area (Å²) in [5.74, 6) is 1.70. The minimum absolute atomic E-state index is 0.0501. The van der Waals surface area contributed by atoms with Crippen molar-refractivity contribution in [2.24, 2.45) is 0 Å². The highest BCUT2D eigenvalue weighted by atomic mass is 16.5. The van der Waals surface area contributed by atoms with Gasteiger partial charge in [0.05, 0.1) is 12.6 Å². The average molecular weight is 337 g/mol. The minimum Gasteiger partial charge on any atom is -0.493 e. The van der Waals surface area contributed by atoms with Gasteiger partial charge < -0.3 is 14.8 Å². The third-order valence-corrected chi connectivity index (χ3v) is 4.85. The second-order valence-corrected chi connectivity index (χ2v) is 7.40. The maximum Gasteiger partial charge on any atom is 0.251 e. The van der Waals surface area contributed by atoms with Crippen molar-refractivity contribution in [3.63, 3.8) is 0 Å². The van der Waals surface area contributed by atoms with Crippen LogP contribution in [0.3, 0.4) is 0 Å². The standard InChI is InChI=1S/C21H23NO3/c1-21(2)13-17(16-7-3-4-8-19(16)25-21)22-20(23)15-9-10-18-14(12-15)6-5-11-24-18/h3-4,7-10,12,17H,5-6,11,13H2,1-2H3,(H,22,23). The summed E-state index contributed by atoms with van der Waals surface area (Å²) < 4.78 is 11.7. The quantitative estimate of drug-likeness (QED) is 0.899. The Morgan fingerprint density at radius 2 is 2.00 bits per heavy atom. The van der Waals surface area contributed by atoms with Gasteiger partial charge in [-0.05, 0) is 56.5 Å². The molecule has 0 radical (unpaired) electrons. The van der Waals surface area contributed by atoms with Gasteiger partial charge in [-0.15, -0.1) is 0 Å². The van der Waals surface area contributed by atoms with Gasteiger partial charge in [0.15, 0.2) is 0 Å². The lowest BCUT2D eigenvalue weighted by molar-refractivity contribution is 0.0619. The summed E-state index contributed by atoms with van der Waals surface area (Å²) in [5, 5.41) is 3.19. The van der Waals surface area contributed by atoms with Crippen molar-refractivity contribution in [3.05, 3.63) is 59.2 Å². The molecule has 0 spiro atoms. The lowest BCUT2D eigenvalue weighted by Gasteiger charge is -2.37. The molecule has 2 aliphatic rings. The molecule has 0 saturated carbocycles. The van der Waals surface area contributed by atoms with Crippen LogP contribution in [0.5, 0.6) is 11.5 Å². The van der Waals surface area contributed by atoms with E-state index in [-0.39, 0.29) is 17.6 Å². The zero-order chi connectivity index (χ0) is 17.4. The van der Waals surface area contributed by atoms with Crippen LogP contribution in [0.15, 0.2) is 42.5 Å². The van der Waals surface area contributed by atoms with E-state index in [1.807, 2.05) is 42.5 Å². The molecule has 4 nitrogen and oxygen atoms in total. The summed E-state index contributed by atoms with van der Waals surface area (Å²) in [5.41, 5.74) is 2.53. The Balaban J connectivity index is 1.58. The number of carbonyl (C=O) groups is 1. The third kappa shape index (κ3) is 3.21. The van der Waals surface area contributed by atoms with E-state index in [0.29, 0.717) is 5.56 Å². The van der Waals surface area contributed by atoms with Crippen LogP contribution < -0.4 is 14.8 Å². The number of hydrogen-bond acceptors (Lipinski definition) is 3. The van der Waals surface area contributed by atoms with Crippen LogP contribution in [-0.2, 0) is 6.42 Å². The number of rotatable bonds is 2. The summed E-state index contributed by atoms with van der Waals surface area (Å²) in [6.45, 7) is 4.86. The summed E-state index contributed by atoms with van der Waals surface area (Å²) in [6.07, 6.45) is 2.70. The molecule has 0 saturated heterocycles. The number of carbonyl (C=O) groups excluding carboxylic acids is 1. The van der Waals surface area contributed by atoms with E-state index in [0.717, 1.165) is 48.5 Å². The molecule has 0 bridgehead atoms. The first-order chi connectivity index (χ1) is 12.0. The molecular weight excluding hydrogens is 314 g/mol. The maximum absolute atomic E-state index is 12.8. The Morgan fingerprint density at radius 3 is 2.88 bits per heavy atom. The Hall–Kier alpha value is -2.49. The Morgan fingerprint density at radius 1 is 1.16 bits per heavy atom. The number of ether oxygens (including phenoxy) is 2. The Bertz CT molecular complexity index is 813. The molecule has 1 N–H and O–H groups in total. The molecule has 4 heteroatoms. The van der Waals surface area contributed by atoms with E-state index in [1.54, 1.807) is 0 Å². The largest absolute Gasteiger partial charge is 0.493 e. The van der Waals surface area contributed by atoms with Gasteiger partial charge in [-0.1, -0.05) is 18.2 Å². The van der Waals surface area contributed by atoms with Crippen LogP contribution in [-0.4, -0.2) is 18.1 Å². The fourth-order valence-corrected chi connectivity index (χ4v) is 3.67. The predicted octanol–water partition coefficient (Wildman–Crippen LogP) is 4.04. The lowest BCUT2D eigenvalue weighted by Crippen LogP contribution is -2.41. The molecule has 2 aromatic carbocycles. The van der Waals surface area contributed by atoms with E-state index in [4.69, 9.17) is 9.47 Å². The first-order valence-electron chi connectivity index (χ1n) is 8.86. The molecule has 0 fully saturated rings. The first-order valence-corrected chi connectivity index (χ1v) is 8.86. The normalized spacial score (nSPS) is 20.5. The van der Waals surface area contributed by atoms with Crippen LogP contribution in [0.25, 0.3) is 0 Å². The van der Waals surface area contributed by atoms with E-state index < -0.39 is 0 Å². The predicted molar refractivity (Wildman–Crippen MR) is 96.2 cm³/mol. The number of nitrogens with one attached hydrogen (secondary N) is 1. The Kier molecular flexibility index (Phi) is 3.91. The topological polar surface area (TPSA) is 47.6 Å². The molecule has 2 heterocycles. The molecule has 0 aliphatic carbocycles. The van der Waals surface area contributed by atoms with Crippen molar-refractivity contribution < 1.29 is 14.3 Å². The van der Waals surface area contributed by atoms with Gasteiger partial charge in [0.25, 0.3) is 5.91 Å². The van der Waals surface area contributed by atoms with Crippen LogP contribution in [0.1, 0.15) is 54.2 Å². The highest BCUT2D eigenvalue weighted by molar-refractivity contribution is 5.95. The highest BCUT2D eigenvalue weighted by Gasteiger charge is 2.34. The number of aryl methyl sites for hydroxylation is 1. The monoisotopic (exact) mass is 337 g/mol. The van der Waals surface area contributed by atoms with Crippen molar-refractivity contribution >= 4 is 5.91 Å². The second-order valence-electron chi connectivity index (χ2n) is 7.40. The lowest BCUT2D eigenvalue weighted by atomic mass is 9.89. The molecule has 1 amide bonds. The summed E-state index contributed by atoms with van der Waals surface area (Å²) >= 11 is 0. The zero-order valence-electron chi connectivity index (χ0n) is 14.7. The van der Waals surface area contributed by atoms with Gasteiger partial charge in [-0.25, -0.2) is 0 Å². The highest BCUT2D eigenvalue weighted by Crippen LogP contribution is 2.39. The molecule has 2 aromatic rings. The number of amides is 1. The van der Waals surface area contributed by atoms with E-state index >= 15 is 0 Å². The van der Waals surface area contributed by atoms with Gasteiger partial charge in [-0.3, -0.25) is 4.79 Å². The maximum atomic E-state index is 12.8. The van der Waals surface area contributed by atoms with Crippen molar-refractivity contribution in [2.75, 3.05) is 6.61 Å². The molecule has 25 heavy (non-hydrogen) atoms. The summed E-state index contributed by atoms with van der Waals surface area (Å²) in [4.78, 5) is 12.8. The molecule has 1 unspecified atom stereocenters. The Labute approximate surface area is 148 Å². The van der Waals surface area contributed by atoms with Gasteiger partial charge in [-0.2, -0.15) is 0 Å². The number of hydrogen-bond donors (Lipinski definition) is 1. The molecule has 1 atom stereocenters. The fourth-order valence-electron chi connectivity index (χ4n) is 3.67. The minimum atomic E-state index is -0.310.